The van der Waals surface area contributed by atoms with Gasteiger partial charge in [-0.3, -0.25) is 19.2 Å². The summed E-state index contributed by atoms with van der Waals surface area (Å²) < 4.78 is 0. The van der Waals surface area contributed by atoms with Crippen LogP contribution < -0.4 is 27.4 Å². The largest absolute Gasteiger partial charge is 0.480 e. The average Bonchev–Trinajstić information content (AvgIpc) is 2.82. The molecule has 1 aromatic carbocycles. The summed E-state index contributed by atoms with van der Waals surface area (Å²) in [6.07, 6.45) is 0.381. The number of amides is 4. The molecule has 0 saturated heterocycles. The van der Waals surface area contributed by atoms with Gasteiger partial charge in [-0.2, -0.15) is 11.8 Å². The third-order valence-corrected chi connectivity index (χ3v) is 5.89. The van der Waals surface area contributed by atoms with Crippen LogP contribution in [0.3, 0.4) is 0 Å². The number of carbonyl (C=O) groups is 5. The molecule has 0 aliphatic rings. The predicted octanol–water partition coefficient (Wildman–Crippen LogP) is -1.51. The molecule has 13 heteroatoms. The zero-order valence-corrected chi connectivity index (χ0v) is 21.1. The van der Waals surface area contributed by atoms with E-state index < -0.39 is 59.9 Å². The van der Waals surface area contributed by atoms with Crippen molar-refractivity contribution in [1.29, 1.82) is 0 Å². The van der Waals surface area contributed by atoms with Crippen LogP contribution in [-0.4, -0.2) is 82.1 Å². The summed E-state index contributed by atoms with van der Waals surface area (Å²) in [4.78, 5) is 61.1. The number of aliphatic hydroxyl groups excluding tert-OH is 1. The van der Waals surface area contributed by atoms with Crippen LogP contribution in [0.1, 0.15) is 31.7 Å². The van der Waals surface area contributed by atoms with Crippen LogP contribution in [0.25, 0.3) is 0 Å². The number of hydrogen-bond acceptors (Lipinski definition) is 8. The minimum absolute atomic E-state index is 0.0202. The van der Waals surface area contributed by atoms with Gasteiger partial charge in [0.2, 0.25) is 23.6 Å². The first-order valence-corrected chi connectivity index (χ1v) is 12.7. The first kappa shape index (κ1) is 30.9. The molecular formula is C23H35N5O7S. The number of thioether (sulfide) groups is 1. The van der Waals surface area contributed by atoms with Gasteiger partial charge in [0, 0.05) is 12.8 Å². The Morgan fingerprint density at radius 3 is 2.08 bits per heavy atom. The smallest absolute Gasteiger partial charge is 0.326 e. The maximum atomic E-state index is 12.9. The van der Waals surface area contributed by atoms with Gasteiger partial charge in [0.1, 0.15) is 18.1 Å². The summed E-state index contributed by atoms with van der Waals surface area (Å²) in [6.45, 7) is 1.24. The summed E-state index contributed by atoms with van der Waals surface area (Å²) >= 11 is 1.49. The summed E-state index contributed by atoms with van der Waals surface area (Å²) in [5, 5.41) is 26.8. The molecule has 0 aromatic heterocycles. The number of carboxylic acids is 1. The molecule has 0 aliphatic heterocycles. The van der Waals surface area contributed by atoms with Crippen molar-refractivity contribution in [3.63, 3.8) is 0 Å². The zero-order valence-electron chi connectivity index (χ0n) is 20.3. The molecule has 1 aromatic rings. The summed E-state index contributed by atoms with van der Waals surface area (Å²) in [6, 6.07) is 3.60. The van der Waals surface area contributed by atoms with E-state index in [-0.39, 0.29) is 19.3 Å². The maximum Gasteiger partial charge on any atom is 0.326 e. The highest BCUT2D eigenvalue weighted by atomic mass is 32.2. The molecule has 0 bridgehead atoms. The Kier molecular flexibility index (Phi) is 13.5. The van der Waals surface area contributed by atoms with Crippen molar-refractivity contribution in [2.45, 2.75) is 62.9 Å². The highest BCUT2D eigenvalue weighted by Crippen LogP contribution is 2.06. The number of nitrogens with two attached hydrogens (primary N) is 2. The molecule has 0 spiro atoms. The lowest BCUT2D eigenvalue weighted by Crippen LogP contribution is -2.60. The highest BCUT2D eigenvalue weighted by molar-refractivity contribution is 7.98. The van der Waals surface area contributed by atoms with E-state index in [0.29, 0.717) is 17.7 Å². The standard InChI is InChI=1S/C23H35N5O7S/c1-13(29)19(22(33)27-17(23(34)35)12-14-6-4-3-5-7-14)28-21(32)16(8-9-18(25)30)26-20(31)15(24)10-11-36-2/h3-7,13,15-17,19,29H,8-12,24H2,1-2H3,(H2,25,30)(H,26,31)(H,27,33)(H,28,32)(H,34,35). The van der Waals surface area contributed by atoms with Crippen LogP contribution in [0.4, 0.5) is 0 Å². The first-order valence-electron chi connectivity index (χ1n) is 11.3. The van der Waals surface area contributed by atoms with Gasteiger partial charge in [0.25, 0.3) is 0 Å². The summed E-state index contributed by atoms with van der Waals surface area (Å²) in [5.41, 5.74) is 11.7. The number of aliphatic hydroxyl groups is 1. The molecule has 200 valence electrons. The van der Waals surface area contributed by atoms with Gasteiger partial charge < -0.3 is 37.6 Å². The van der Waals surface area contributed by atoms with Gasteiger partial charge in [-0.15, -0.1) is 0 Å². The number of carboxylic acid groups (broad SMARTS) is 1. The van der Waals surface area contributed by atoms with Gasteiger partial charge >= 0.3 is 5.97 Å². The number of aliphatic carboxylic acids is 1. The van der Waals surface area contributed by atoms with Crippen molar-refractivity contribution in [2.24, 2.45) is 11.5 Å². The van der Waals surface area contributed by atoms with E-state index in [1.165, 1.54) is 18.7 Å². The molecule has 0 saturated carbocycles. The van der Waals surface area contributed by atoms with Gasteiger partial charge in [0.05, 0.1) is 12.1 Å². The lowest BCUT2D eigenvalue weighted by Gasteiger charge is -2.26. The van der Waals surface area contributed by atoms with Crippen molar-refractivity contribution >= 4 is 41.4 Å². The van der Waals surface area contributed by atoms with Gasteiger partial charge in [-0.25, -0.2) is 4.79 Å². The molecular weight excluding hydrogens is 490 g/mol. The summed E-state index contributed by atoms with van der Waals surface area (Å²) in [7, 11) is 0. The number of nitrogens with one attached hydrogen (secondary N) is 3. The van der Waals surface area contributed by atoms with Crippen molar-refractivity contribution < 1.29 is 34.2 Å². The van der Waals surface area contributed by atoms with E-state index in [0.717, 1.165) is 0 Å². The number of benzene rings is 1. The third-order valence-electron chi connectivity index (χ3n) is 5.24. The Hall–Kier alpha value is -3.16. The van der Waals surface area contributed by atoms with E-state index in [1.54, 1.807) is 30.3 Å². The van der Waals surface area contributed by atoms with E-state index in [9.17, 15) is 34.2 Å². The second kappa shape index (κ2) is 15.8. The molecule has 5 unspecified atom stereocenters. The SMILES string of the molecule is CSCCC(N)C(=O)NC(CCC(N)=O)C(=O)NC(C(=O)NC(Cc1ccccc1)C(=O)O)C(C)O. The Morgan fingerprint density at radius 1 is 0.944 bits per heavy atom. The maximum absolute atomic E-state index is 12.9. The van der Waals surface area contributed by atoms with E-state index in [4.69, 9.17) is 11.5 Å². The van der Waals surface area contributed by atoms with Crippen LogP contribution in [0.5, 0.6) is 0 Å². The minimum Gasteiger partial charge on any atom is -0.480 e. The third kappa shape index (κ3) is 11.1. The van der Waals surface area contributed by atoms with Crippen LogP contribution >= 0.6 is 11.8 Å². The van der Waals surface area contributed by atoms with E-state index in [1.807, 2.05) is 6.26 Å². The fraction of sp³-hybridized carbons (Fsp3) is 0.522. The van der Waals surface area contributed by atoms with E-state index >= 15 is 0 Å². The molecule has 4 amide bonds. The quantitative estimate of drug-likeness (QED) is 0.133. The second-order valence-electron chi connectivity index (χ2n) is 8.27. The fourth-order valence-electron chi connectivity index (χ4n) is 3.18. The van der Waals surface area contributed by atoms with Crippen molar-refractivity contribution in [1.82, 2.24) is 16.0 Å². The van der Waals surface area contributed by atoms with E-state index in [2.05, 4.69) is 16.0 Å². The van der Waals surface area contributed by atoms with Crippen molar-refractivity contribution in [3.8, 4) is 0 Å². The molecule has 36 heavy (non-hydrogen) atoms. The average molecular weight is 526 g/mol. The first-order chi connectivity index (χ1) is 17.0. The lowest BCUT2D eigenvalue weighted by atomic mass is 10.0. The van der Waals surface area contributed by atoms with Crippen LogP contribution in [-0.2, 0) is 30.4 Å². The topological polar surface area (TPSA) is 214 Å². The fourth-order valence-corrected chi connectivity index (χ4v) is 3.67. The summed E-state index contributed by atoms with van der Waals surface area (Å²) in [5.74, 6) is -3.81. The van der Waals surface area contributed by atoms with Gasteiger partial charge in [-0.05, 0) is 37.3 Å². The van der Waals surface area contributed by atoms with Crippen LogP contribution in [0, 0.1) is 0 Å². The molecule has 1 rings (SSSR count). The molecule has 9 N–H and O–H groups in total. The van der Waals surface area contributed by atoms with Gasteiger partial charge in [-0.1, -0.05) is 30.3 Å². The van der Waals surface area contributed by atoms with Crippen LogP contribution in [0.15, 0.2) is 30.3 Å². The Labute approximate surface area is 213 Å². The molecule has 0 radical (unpaired) electrons. The zero-order chi connectivity index (χ0) is 27.3. The monoisotopic (exact) mass is 525 g/mol. The normalized spacial score (nSPS) is 15.0. The second-order valence-corrected chi connectivity index (χ2v) is 9.26. The molecule has 0 heterocycles. The lowest BCUT2D eigenvalue weighted by molar-refractivity contribution is -0.143. The van der Waals surface area contributed by atoms with Crippen LogP contribution in [0.2, 0.25) is 0 Å². The number of rotatable bonds is 16. The molecule has 5 atom stereocenters. The molecule has 0 fully saturated rings. The highest BCUT2D eigenvalue weighted by Gasteiger charge is 2.32. The Morgan fingerprint density at radius 2 is 1.56 bits per heavy atom. The number of carbonyl (C=O) groups excluding carboxylic acids is 4. The van der Waals surface area contributed by atoms with Crippen molar-refractivity contribution in [2.75, 3.05) is 12.0 Å². The number of hydrogen-bond donors (Lipinski definition) is 7. The van der Waals surface area contributed by atoms with Gasteiger partial charge in [0.15, 0.2) is 0 Å². The van der Waals surface area contributed by atoms with Crippen molar-refractivity contribution in [3.05, 3.63) is 35.9 Å². The Bertz CT molecular complexity index is 900. The number of primary amides is 1. The molecule has 0 aliphatic carbocycles. The molecule has 12 nitrogen and oxygen atoms in total. The Balaban J connectivity index is 2.96. The minimum atomic E-state index is -1.53. The predicted molar refractivity (Wildman–Crippen MR) is 135 cm³/mol.